The topological polar surface area (TPSA) is 83.3 Å². The van der Waals surface area contributed by atoms with E-state index in [1.807, 2.05) is 0 Å². The van der Waals surface area contributed by atoms with Crippen LogP contribution in [0.1, 0.15) is 50.4 Å². The van der Waals surface area contributed by atoms with Crippen LogP contribution in [-0.4, -0.2) is 33.2 Å². The molecule has 0 atom stereocenters. The monoisotopic (exact) mass is 401 g/mol. The van der Waals surface area contributed by atoms with Crippen molar-refractivity contribution < 1.29 is 14.3 Å². The van der Waals surface area contributed by atoms with Crippen LogP contribution < -0.4 is 5.56 Å². The van der Waals surface area contributed by atoms with Crippen molar-refractivity contribution in [3.05, 3.63) is 33.5 Å². The fourth-order valence-corrected chi connectivity index (χ4v) is 4.83. The summed E-state index contributed by atoms with van der Waals surface area (Å²) in [6.07, 6.45) is 2.15. The molecule has 0 fully saturated rings. The van der Waals surface area contributed by atoms with E-state index in [-0.39, 0.29) is 23.6 Å². The largest absolute Gasteiger partial charge is 0.468 e. The molecule has 1 aliphatic rings. The highest BCUT2D eigenvalue weighted by molar-refractivity contribution is 7.25. The zero-order chi connectivity index (χ0) is 20.2. The lowest BCUT2D eigenvalue weighted by atomic mass is 9.87. The van der Waals surface area contributed by atoms with Gasteiger partial charge in [-0.25, -0.2) is 9.97 Å². The molecule has 148 valence electrons. The Balaban J connectivity index is 2.02. The highest BCUT2D eigenvalue weighted by Gasteiger charge is 2.32. The molecule has 0 radical (unpaired) electrons. The van der Waals surface area contributed by atoms with Gasteiger partial charge in [-0.15, -0.1) is 11.3 Å². The molecule has 4 heterocycles. The average molecular weight is 401 g/mol. The summed E-state index contributed by atoms with van der Waals surface area (Å²) in [5, 5.41) is 0.943. The lowest BCUT2D eigenvalue weighted by Crippen LogP contribution is -2.33. The smallest absolute Gasteiger partial charge is 0.325 e. The molecule has 0 unspecified atom stereocenters. The first-order valence-corrected chi connectivity index (χ1v) is 10.1. The van der Waals surface area contributed by atoms with Crippen molar-refractivity contribution in [1.29, 1.82) is 0 Å². The van der Waals surface area contributed by atoms with Crippen LogP contribution in [0, 0.1) is 0 Å². The molecule has 28 heavy (non-hydrogen) atoms. The minimum Gasteiger partial charge on any atom is -0.468 e. The number of carbonyl (C=O) groups is 1. The molecule has 0 aliphatic carbocycles. The Morgan fingerprint density at radius 3 is 2.82 bits per heavy atom. The van der Waals surface area contributed by atoms with Crippen molar-refractivity contribution in [3.8, 4) is 0 Å². The van der Waals surface area contributed by atoms with Gasteiger partial charge < -0.3 is 9.47 Å². The van der Waals surface area contributed by atoms with Gasteiger partial charge >= 0.3 is 5.97 Å². The number of ether oxygens (including phenoxy) is 2. The molecule has 3 aromatic heterocycles. The van der Waals surface area contributed by atoms with Gasteiger partial charge in [-0.3, -0.25) is 14.2 Å². The maximum Gasteiger partial charge on any atom is 0.325 e. The molecule has 0 saturated heterocycles. The maximum atomic E-state index is 12.9. The molecule has 7 nitrogen and oxygen atoms in total. The first kappa shape index (κ1) is 19.0. The molecule has 8 heteroatoms. The van der Waals surface area contributed by atoms with Crippen molar-refractivity contribution in [2.45, 2.75) is 58.8 Å². The minimum absolute atomic E-state index is 0.157. The number of hydrogen-bond donors (Lipinski definition) is 0. The van der Waals surface area contributed by atoms with Crippen LogP contribution in [0.4, 0.5) is 0 Å². The summed E-state index contributed by atoms with van der Waals surface area (Å²) >= 11 is 1.34. The third-order valence-corrected chi connectivity index (χ3v) is 6.19. The molecule has 0 amide bonds. The summed E-state index contributed by atoms with van der Waals surface area (Å²) in [6, 6.07) is 0. The van der Waals surface area contributed by atoms with Crippen LogP contribution in [0.15, 0.2) is 11.1 Å². The van der Waals surface area contributed by atoms with Crippen molar-refractivity contribution in [2.24, 2.45) is 0 Å². The molecule has 0 spiro atoms. The fraction of sp³-hybridized carbons (Fsp3) is 0.500. The van der Waals surface area contributed by atoms with Gasteiger partial charge in [0.1, 0.15) is 16.1 Å². The molecular formula is C20H23N3O4S. The number of rotatable bonds is 3. The molecular weight excluding hydrogens is 378 g/mol. The summed E-state index contributed by atoms with van der Waals surface area (Å²) in [6.45, 7) is 8.73. The van der Waals surface area contributed by atoms with E-state index < -0.39 is 5.97 Å². The van der Waals surface area contributed by atoms with Crippen molar-refractivity contribution >= 4 is 37.7 Å². The lowest BCUT2D eigenvalue weighted by molar-refractivity contribution is -0.141. The second kappa shape index (κ2) is 6.63. The third kappa shape index (κ3) is 3.00. The number of carbonyl (C=O) groups excluding carboxylic acids is 1. The Morgan fingerprint density at radius 2 is 2.14 bits per heavy atom. The van der Waals surface area contributed by atoms with Gasteiger partial charge in [0.2, 0.25) is 0 Å². The quantitative estimate of drug-likeness (QED) is 0.627. The maximum absolute atomic E-state index is 12.9. The predicted molar refractivity (Wildman–Crippen MR) is 108 cm³/mol. The Bertz CT molecular complexity index is 1160. The first-order valence-electron chi connectivity index (χ1n) is 9.26. The molecule has 3 aromatic rings. The Kier molecular flexibility index (Phi) is 4.50. The van der Waals surface area contributed by atoms with E-state index >= 15 is 0 Å². The standard InChI is InChI=1S/C20H23N3O4S/c1-10(2)15-12-8-27-20(3,4)6-11(12)14-16-17(28-18(14)22-15)19(25)23(9-21-16)7-13(24)26-5/h9-10H,6-8H2,1-5H3. The normalized spacial score (nSPS) is 15.9. The number of thiophene rings is 1. The SMILES string of the molecule is COC(=O)Cn1cnc2c(sc3nc(C(C)C)c4c(c32)CC(C)(C)OC4)c1=O. The van der Waals surface area contributed by atoms with Gasteiger partial charge in [0.15, 0.2) is 0 Å². The summed E-state index contributed by atoms with van der Waals surface area (Å²) < 4.78 is 12.5. The van der Waals surface area contributed by atoms with E-state index in [4.69, 9.17) is 9.72 Å². The third-order valence-electron chi connectivity index (χ3n) is 5.13. The number of nitrogens with zero attached hydrogens (tertiary/aromatic N) is 3. The van der Waals surface area contributed by atoms with Crippen LogP contribution in [0.2, 0.25) is 0 Å². The van der Waals surface area contributed by atoms with Crippen LogP contribution in [0.3, 0.4) is 0 Å². The van der Waals surface area contributed by atoms with Crippen LogP contribution in [0.5, 0.6) is 0 Å². The Labute approximate surface area is 166 Å². The number of hydrogen-bond acceptors (Lipinski definition) is 7. The lowest BCUT2D eigenvalue weighted by Gasteiger charge is -2.33. The Morgan fingerprint density at radius 1 is 1.39 bits per heavy atom. The van der Waals surface area contributed by atoms with Gasteiger partial charge in [0.05, 0.1) is 36.9 Å². The molecule has 1 aliphatic heterocycles. The van der Waals surface area contributed by atoms with Crippen LogP contribution >= 0.6 is 11.3 Å². The summed E-state index contributed by atoms with van der Waals surface area (Å²) in [7, 11) is 1.30. The van der Waals surface area contributed by atoms with E-state index in [2.05, 4.69) is 37.4 Å². The number of fused-ring (bicyclic) bond motifs is 5. The molecule has 0 bridgehead atoms. The van der Waals surface area contributed by atoms with Crippen molar-refractivity contribution in [2.75, 3.05) is 7.11 Å². The van der Waals surface area contributed by atoms with Crippen LogP contribution in [-0.2, 0) is 33.8 Å². The highest BCUT2D eigenvalue weighted by Crippen LogP contribution is 2.40. The average Bonchev–Trinajstić information content (AvgIpc) is 3.02. The number of aromatic nitrogens is 3. The van der Waals surface area contributed by atoms with Gasteiger partial charge in [0.25, 0.3) is 5.56 Å². The second-order valence-corrected chi connectivity index (χ2v) is 9.05. The number of esters is 1. The van der Waals surface area contributed by atoms with E-state index in [0.29, 0.717) is 16.8 Å². The minimum atomic E-state index is -0.485. The van der Waals surface area contributed by atoms with Crippen molar-refractivity contribution in [3.63, 3.8) is 0 Å². The predicted octanol–water partition coefficient (Wildman–Crippen LogP) is 3.15. The molecule has 0 N–H and O–H groups in total. The summed E-state index contributed by atoms with van der Waals surface area (Å²) in [4.78, 5) is 34.8. The van der Waals surface area contributed by atoms with Gasteiger partial charge in [0, 0.05) is 17.4 Å². The van der Waals surface area contributed by atoms with Crippen LogP contribution in [0.25, 0.3) is 20.4 Å². The van der Waals surface area contributed by atoms with Crippen molar-refractivity contribution in [1.82, 2.24) is 14.5 Å². The molecule has 0 saturated carbocycles. The second-order valence-electron chi connectivity index (χ2n) is 8.05. The van der Waals surface area contributed by atoms with Gasteiger partial charge in [-0.2, -0.15) is 0 Å². The molecule has 0 aromatic carbocycles. The van der Waals surface area contributed by atoms with E-state index in [1.165, 1.54) is 34.9 Å². The Hall–Kier alpha value is -2.32. The molecule has 4 rings (SSSR count). The fourth-order valence-electron chi connectivity index (χ4n) is 3.72. The van der Waals surface area contributed by atoms with Gasteiger partial charge in [-0.1, -0.05) is 13.8 Å². The number of pyridine rings is 1. The number of methoxy groups -OCH3 is 1. The first-order chi connectivity index (χ1) is 13.2. The highest BCUT2D eigenvalue weighted by atomic mass is 32.1. The zero-order valence-electron chi connectivity index (χ0n) is 16.7. The van der Waals surface area contributed by atoms with Gasteiger partial charge in [-0.05, 0) is 25.3 Å². The summed E-state index contributed by atoms with van der Waals surface area (Å²) in [5.41, 5.74) is 3.42. The van der Waals surface area contributed by atoms with E-state index in [1.54, 1.807) is 0 Å². The summed E-state index contributed by atoms with van der Waals surface area (Å²) in [5.74, 6) is -0.238. The van der Waals surface area contributed by atoms with E-state index in [9.17, 15) is 9.59 Å². The van der Waals surface area contributed by atoms with E-state index in [0.717, 1.165) is 27.9 Å². The zero-order valence-corrected chi connectivity index (χ0v) is 17.5.